The van der Waals surface area contributed by atoms with Crippen LogP contribution in [0.5, 0.6) is 0 Å². The maximum absolute atomic E-state index is 8.49. The highest BCUT2D eigenvalue weighted by Gasteiger charge is 2.28. The zero-order valence-corrected chi connectivity index (χ0v) is 10.7. The summed E-state index contributed by atoms with van der Waals surface area (Å²) >= 11 is 0. The summed E-state index contributed by atoms with van der Waals surface area (Å²) < 4.78 is 39.9. The Morgan fingerprint density at radius 2 is 1.22 bits per heavy atom. The molecule has 0 amide bonds. The Kier molecular flexibility index (Phi) is 4.19. The number of halogens is 1. The smallest absolute Gasteiger partial charge is 0.222 e. The van der Waals surface area contributed by atoms with Crippen LogP contribution in [0.2, 0.25) is 0 Å². The Bertz CT molecular complexity index is 388. The molecule has 0 saturated carbocycles. The van der Waals surface area contributed by atoms with Crippen LogP contribution in [0.4, 0.5) is 0 Å². The average molecular weight is 275 g/mol. The van der Waals surface area contributed by atoms with Gasteiger partial charge in [-0.25, -0.2) is 23.1 Å². The van der Waals surface area contributed by atoms with E-state index in [4.69, 9.17) is 23.1 Å². The summed E-state index contributed by atoms with van der Waals surface area (Å²) in [5.41, 5.74) is 2.98. The molecule has 0 unspecified atom stereocenters. The molecule has 0 N–H and O–H groups in total. The van der Waals surface area contributed by atoms with Gasteiger partial charge in [0.25, 0.3) is 0 Å². The lowest BCUT2D eigenvalue weighted by molar-refractivity contribution is -2.00. The summed E-state index contributed by atoms with van der Waals surface area (Å²) in [6, 6.07) is 2.40. The SMILES string of the molecule is [O-][Cl+3]([O-])([O-])[O-].c1c2c([o+]c3c1CCC3)CCCC2. The molecule has 0 spiro atoms. The van der Waals surface area contributed by atoms with Crippen LogP contribution in [-0.2, 0) is 25.7 Å². The van der Waals surface area contributed by atoms with Crippen molar-refractivity contribution in [2.75, 3.05) is 0 Å². The summed E-state index contributed by atoms with van der Waals surface area (Å²) in [7, 11) is -4.94. The van der Waals surface area contributed by atoms with Gasteiger partial charge in [-0.2, -0.15) is 0 Å². The fraction of sp³-hybridized carbons (Fsp3) is 0.583. The largest absolute Gasteiger partial charge is 0.332 e. The summed E-state index contributed by atoms with van der Waals surface area (Å²) in [6.45, 7) is 0. The van der Waals surface area contributed by atoms with Crippen molar-refractivity contribution in [1.82, 2.24) is 0 Å². The van der Waals surface area contributed by atoms with Gasteiger partial charge in [-0.3, -0.25) is 0 Å². The van der Waals surface area contributed by atoms with Gasteiger partial charge in [-0.1, -0.05) is 0 Å². The molecule has 0 bridgehead atoms. The average Bonchev–Trinajstić information content (AvgIpc) is 2.70. The van der Waals surface area contributed by atoms with Gasteiger partial charge in [0.15, 0.2) is 0 Å². The van der Waals surface area contributed by atoms with E-state index in [0.717, 1.165) is 0 Å². The van der Waals surface area contributed by atoms with Crippen molar-refractivity contribution in [2.45, 2.75) is 44.9 Å². The minimum absolute atomic E-state index is 1.17. The zero-order chi connectivity index (χ0) is 13.2. The predicted molar refractivity (Wildman–Crippen MR) is 51.8 cm³/mol. The van der Waals surface area contributed by atoms with E-state index in [1.165, 1.54) is 67.6 Å². The van der Waals surface area contributed by atoms with Gasteiger partial charge in [0.1, 0.15) is 0 Å². The lowest BCUT2D eigenvalue weighted by Gasteiger charge is -2.17. The monoisotopic (exact) mass is 274 g/mol. The Hall–Kier alpha value is -0.720. The molecule has 0 fully saturated rings. The summed E-state index contributed by atoms with van der Waals surface area (Å²) in [5, 5.41) is 0. The minimum Gasteiger partial charge on any atom is -0.222 e. The molecule has 0 atom stereocenters. The first kappa shape index (κ1) is 13.7. The van der Waals surface area contributed by atoms with Gasteiger partial charge in [-0.05, 0) is 38.2 Å². The van der Waals surface area contributed by atoms with Crippen molar-refractivity contribution in [2.24, 2.45) is 0 Å². The second-order valence-corrected chi connectivity index (χ2v) is 5.34. The van der Waals surface area contributed by atoms with Gasteiger partial charge in [0.05, 0.1) is 24.0 Å². The van der Waals surface area contributed by atoms with Crippen LogP contribution in [0.3, 0.4) is 0 Å². The van der Waals surface area contributed by atoms with Crippen LogP contribution in [0, 0.1) is 10.2 Å². The van der Waals surface area contributed by atoms with Gasteiger partial charge >= 0.3 is 11.5 Å². The molecule has 0 radical (unpaired) electrons. The molecular weight excluding hydrogens is 260 g/mol. The predicted octanol–water partition coefficient (Wildman–Crippen LogP) is -1.83. The van der Waals surface area contributed by atoms with E-state index in [0.29, 0.717) is 0 Å². The first-order valence-electron chi connectivity index (χ1n) is 6.02. The van der Waals surface area contributed by atoms with E-state index in [1.54, 1.807) is 0 Å². The molecule has 1 aromatic rings. The Morgan fingerprint density at radius 1 is 0.778 bits per heavy atom. The number of hydrogen-bond acceptors (Lipinski definition) is 4. The van der Waals surface area contributed by atoms with Crippen LogP contribution >= 0.6 is 0 Å². The van der Waals surface area contributed by atoms with Crippen molar-refractivity contribution >= 4 is 0 Å². The highest BCUT2D eigenvalue weighted by atomic mass is 35.7. The summed E-state index contributed by atoms with van der Waals surface area (Å²) in [4.78, 5) is 0. The molecule has 1 aromatic heterocycles. The molecule has 0 saturated heterocycles. The van der Waals surface area contributed by atoms with Crippen LogP contribution < -0.4 is 18.6 Å². The molecule has 6 heteroatoms. The molecule has 0 aliphatic heterocycles. The molecule has 0 aromatic carbocycles. The number of rotatable bonds is 0. The van der Waals surface area contributed by atoms with Crippen LogP contribution in [0.25, 0.3) is 0 Å². The third-order valence-electron chi connectivity index (χ3n) is 3.26. The highest BCUT2D eigenvalue weighted by Crippen LogP contribution is 2.29. The zero-order valence-electron chi connectivity index (χ0n) is 9.95. The summed E-state index contributed by atoms with van der Waals surface area (Å²) in [6.07, 6.45) is 8.78. The van der Waals surface area contributed by atoms with Crippen LogP contribution in [0.1, 0.15) is 41.9 Å². The van der Waals surface area contributed by atoms with Crippen molar-refractivity contribution in [3.8, 4) is 0 Å². The van der Waals surface area contributed by atoms with Crippen molar-refractivity contribution in [3.05, 3.63) is 28.7 Å². The quantitative estimate of drug-likeness (QED) is 0.518. The molecular formula is C12H15ClO5. The second-order valence-electron chi connectivity index (χ2n) is 4.58. The van der Waals surface area contributed by atoms with E-state index < -0.39 is 10.2 Å². The molecule has 100 valence electrons. The normalized spacial score (nSPS) is 17.6. The Morgan fingerprint density at radius 3 is 1.83 bits per heavy atom. The Balaban J connectivity index is 0.000000209. The number of aryl methyl sites for hydroxylation is 4. The first-order valence-corrected chi connectivity index (χ1v) is 7.25. The van der Waals surface area contributed by atoms with Crippen molar-refractivity contribution in [1.29, 1.82) is 0 Å². The Labute approximate surface area is 107 Å². The van der Waals surface area contributed by atoms with Gasteiger partial charge < -0.3 is 0 Å². The molecule has 1 heterocycles. The fourth-order valence-electron chi connectivity index (χ4n) is 2.54. The molecule has 2 aliphatic rings. The first-order chi connectivity index (χ1) is 8.43. The van der Waals surface area contributed by atoms with E-state index in [-0.39, 0.29) is 0 Å². The van der Waals surface area contributed by atoms with Gasteiger partial charge in [0.2, 0.25) is 0 Å². The topological polar surface area (TPSA) is 104 Å². The standard InChI is InChI=1S/C12H15O.ClHO4/c1-2-6-11-9(4-1)8-10-5-3-7-12(10)13-11;2-1(3,4)5/h8H,1-7H2;(H,2,3,4,5)/q+1;/p-1. The number of hydrogen-bond donors (Lipinski definition) is 0. The minimum atomic E-state index is -4.94. The van der Waals surface area contributed by atoms with Crippen molar-refractivity contribution < 1.29 is 33.3 Å². The maximum Gasteiger partial charge on any atom is 0.332 e. The number of fused-ring (bicyclic) bond motifs is 2. The van der Waals surface area contributed by atoms with Gasteiger partial charge in [-0.15, -0.1) is 10.2 Å². The maximum atomic E-state index is 8.49. The van der Waals surface area contributed by atoms with Gasteiger partial charge in [0, 0.05) is 0 Å². The van der Waals surface area contributed by atoms with E-state index in [1.807, 2.05) is 0 Å². The van der Waals surface area contributed by atoms with Crippen LogP contribution in [-0.4, -0.2) is 0 Å². The molecule has 3 rings (SSSR count). The van der Waals surface area contributed by atoms with Crippen LogP contribution in [0.15, 0.2) is 10.5 Å². The lowest BCUT2D eigenvalue weighted by Crippen LogP contribution is -2.68. The molecule has 2 aliphatic carbocycles. The van der Waals surface area contributed by atoms with E-state index in [9.17, 15) is 0 Å². The molecule has 5 nitrogen and oxygen atoms in total. The fourth-order valence-corrected chi connectivity index (χ4v) is 2.54. The second kappa shape index (κ2) is 5.50. The third-order valence-corrected chi connectivity index (χ3v) is 3.26. The molecule has 18 heavy (non-hydrogen) atoms. The van der Waals surface area contributed by atoms with E-state index in [2.05, 4.69) is 6.07 Å². The van der Waals surface area contributed by atoms with Crippen molar-refractivity contribution in [3.63, 3.8) is 0 Å². The van der Waals surface area contributed by atoms with E-state index >= 15 is 0 Å². The third kappa shape index (κ3) is 3.90. The lowest BCUT2D eigenvalue weighted by atomic mass is 9.96. The highest BCUT2D eigenvalue weighted by molar-refractivity contribution is 5.31. The summed E-state index contributed by atoms with van der Waals surface area (Å²) in [5.74, 6) is 2.56.